The Hall–Kier alpha value is -2.82. The Morgan fingerprint density at radius 2 is 1.62 bits per heavy atom. The van der Waals surface area contributed by atoms with Crippen LogP contribution in [0.1, 0.15) is 35.7 Å². The molecule has 3 saturated heterocycles. The number of carbonyl (C=O) groups is 2. The Kier molecular flexibility index (Phi) is 7.56. The second-order valence-electron chi connectivity index (χ2n) is 10.9. The maximum Gasteiger partial charge on any atom is 0.430 e. The Labute approximate surface area is 230 Å². The van der Waals surface area contributed by atoms with E-state index in [1.54, 1.807) is 17.0 Å². The fraction of sp³-hybridized carbons (Fsp3) is 0.500. The molecule has 39 heavy (non-hydrogen) atoms. The molecule has 3 fully saturated rings. The number of likely N-dealkylation sites (tertiary alicyclic amines) is 3. The lowest BCUT2D eigenvalue weighted by Gasteiger charge is -2.48. The molecular weight excluding hydrogens is 533 g/mol. The van der Waals surface area contributed by atoms with E-state index >= 15 is 0 Å². The summed E-state index contributed by atoms with van der Waals surface area (Å²) in [6.07, 6.45) is -4.08. The molecule has 0 spiro atoms. The molecule has 0 aromatic heterocycles. The number of rotatable bonds is 6. The number of hydrogen-bond acceptors (Lipinski definition) is 5. The van der Waals surface area contributed by atoms with Gasteiger partial charge in [0.05, 0.1) is 16.6 Å². The zero-order chi connectivity index (χ0) is 27.9. The average molecular weight is 565 g/mol. The Morgan fingerprint density at radius 3 is 2.18 bits per heavy atom. The SMILES string of the molecule is CC1CN(C(=O)c2ccc(NC3CN(C4CCN(C(=O)C(O)(c5ccccc5)C(F)(F)F)CC4)C3)cc2Cl)C1. The molecule has 1 atom stereocenters. The van der Waals surface area contributed by atoms with E-state index in [4.69, 9.17) is 11.6 Å². The maximum absolute atomic E-state index is 13.9. The van der Waals surface area contributed by atoms with E-state index in [9.17, 15) is 27.9 Å². The van der Waals surface area contributed by atoms with Gasteiger partial charge in [-0.1, -0.05) is 48.9 Å². The fourth-order valence-electron chi connectivity index (χ4n) is 5.70. The Balaban J connectivity index is 1.12. The third kappa shape index (κ3) is 5.34. The first-order chi connectivity index (χ1) is 18.5. The van der Waals surface area contributed by atoms with Crippen LogP contribution >= 0.6 is 11.6 Å². The van der Waals surface area contributed by atoms with Gasteiger partial charge in [0.15, 0.2) is 0 Å². The number of carbonyl (C=O) groups excluding carboxylic acids is 2. The fourth-order valence-corrected chi connectivity index (χ4v) is 5.96. The summed E-state index contributed by atoms with van der Waals surface area (Å²) in [4.78, 5) is 30.7. The second kappa shape index (κ2) is 10.6. The topological polar surface area (TPSA) is 76.1 Å². The molecule has 2 amide bonds. The Morgan fingerprint density at radius 1 is 0.974 bits per heavy atom. The molecule has 3 heterocycles. The van der Waals surface area contributed by atoms with Gasteiger partial charge in [-0.05, 0) is 37.0 Å². The minimum atomic E-state index is -5.14. The largest absolute Gasteiger partial charge is 0.430 e. The van der Waals surface area contributed by atoms with E-state index in [0.717, 1.165) is 48.9 Å². The van der Waals surface area contributed by atoms with Crippen molar-refractivity contribution >= 4 is 29.1 Å². The van der Waals surface area contributed by atoms with Crippen molar-refractivity contribution in [2.75, 3.05) is 44.6 Å². The van der Waals surface area contributed by atoms with Crippen LogP contribution in [-0.2, 0) is 10.4 Å². The van der Waals surface area contributed by atoms with Crippen molar-refractivity contribution < 1.29 is 27.9 Å². The number of anilines is 1. The number of piperidine rings is 1. The van der Waals surface area contributed by atoms with Gasteiger partial charge in [-0.3, -0.25) is 14.5 Å². The van der Waals surface area contributed by atoms with Crippen LogP contribution in [0.25, 0.3) is 0 Å². The highest BCUT2D eigenvalue weighted by Crippen LogP contribution is 2.41. The summed E-state index contributed by atoms with van der Waals surface area (Å²) < 4.78 is 41.7. The molecule has 3 aliphatic heterocycles. The standard InChI is InChI=1S/C28H32ClF3N4O3/c1-18-14-36(15-18)25(37)23-8-7-20(13-24(23)29)33-21-16-35(17-21)22-9-11-34(12-10-22)26(38)27(39,28(30,31)32)19-5-3-2-4-6-19/h2-8,13,18,21-22,33,39H,9-12,14-17H2,1H3. The van der Waals surface area contributed by atoms with E-state index in [1.165, 1.54) is 18.2 Å². The number of hydrogen-bond donors (Lipinski definition) is 2. The van der Waals surface area contributed by atoms with E-state index in [0.29, 0.717) is 29.3 Å². The summed E-state index contributed by atoms with van der Waals surface area (Å²) in [5, 5.41) is 14.4. The Bertz CT molecular complexity index is 1210. The number of amides is 2. The lowest BCUT2D eigenvalue weighted by Crippen LogP contribution is -2.62. The van der Waals surface area contributed by atoms with Crippen LogP contribution in [0.3, 0.4) is 0 Å². The number of nitrogens with one attached hydrogen (secondary N) is 1. The summed E-state index contributed by atoms with van der Waals surface area (Å²) in [7, 11) is 0. The summed E-state index contributed by atoms with van der Waals surface area (Å²) in [6.45, 7) is 5.38. The van der Waals surface area contributed by atoms with Crippen molar-refractivity contribution in [2.24, 2.45) is 5.92 Å². The molecule has 1 unspecified atom stereocenters. The van der Waals surface area contributed by atoms with Crippen LogP contribution in [0.4, 0.5) is 18.9 Å². The predicted octanol–water partition coefficient (Wildman–Crippen LogP) is 3.97. The number of alkyl halides is 3. The van der Waals surface area contributed by atoms with Crippen molar-refractivity contribution in [1.29, 1.82) is 0 Å². The molecule has 210 valence electrons. The van der Waals surface area contributed by atoms with Gasteiger partial charge in [-0.25, -0.2) is 0 Å². The van der Waals surface area contributed by atoms with Crippen molar-refractivity contribution in [2.45, 2.75) is 43.6 Å². The molecule has 11 heteroatoms. The molecule has 5 rings (SSSR count). The lowest BCUT2D eigenvalue weighted by atomic mass is 9.89. The molecule has 0 saturated carbocycles. The molecule has 2 N–H and O–H groups in total. The van der Waals surface area contributed by atoms with Gasteiger partial charge in [-0.15, -0.1) is 0 Å². The van der Waals surface area contributed by atoms with Gasteiger partial charge in [-0.2, -0.15) is 13.2 Å². The van der Waals surface area contributed by atoms with E-state index in [1.807, 2.05) is 6.07 Å². The first-order valence-electron chi connectivity index (χ1n) is 13.2. The maximum atomic E-state index is 13.9. The number of benzene rings is 2. The molecule has 7 nitrogen and oxygen atoms in total. The molecule has 3 aliphatic rings. The molecule has 0 aliphatic carbocycles. The van der Waals surface area contributed by atoms with Crippen molar-refractivity contribution in [3.8, 4) is 0 Å². The van der Waals surface area contributed by atoms with Crippen LogP contribution in [0.15, 0.2) is 48.5 Å². The zero-order valence-electron chi connectivity index (χ0n) is 21.6. The van der Waals surface area contributed by atoms with Gasteiger partial charge in [0.2, 0.25) is 0 Å². The van der Waals surface area contributed by atoms with Crippen molar-refractivity contribution in [3.63, 3.8) is 0 Å². The van der Waals surface area contributed by atoms with Gasteiger partial charge < -0.3 is 20.2 Å². The van der Waals surface area contributed by atoms with Crippen molar-refractivity contribution in [3.05, 3.63) is 64.7 Å². The van der Waals surface area contributed by atoms with Crippen LogP contribution in [0.2, 0.25) is 5.02 Å². The minimum Gasteiger partial charge on any atom is -0.380 e. The quantitative estimate of drug-likeness (QED) is 0.555. The minimum absolute atomic E-state index is 0.0539. The zero-order valence-corrected chi connectivity index (χ0v) is 22.4. The van der Waals surface area contributed by atoms with Crippen LogP contribution in [0.5, 0.6) is 0 Å². The van der Waals surface area contributed by atoms with E-state index in [-0.39, 0.29) is 31.1 Å². The molecule has 2 aromatic carbocycles. The van der Waals surface area contributed by atoms with Gasteiger partial charge in [0, 0.05) is 56.6 Å². The highest BCUT2D eigenvalue weighted by atomic mass is 35.5. The molecule has 2 aromatic rings. The normalized spacial score (nSPS) is 21.2. The highest BCUT2D eigenvalue weighted by molar-refractivity contribution is 6.34. The van der Waals surface area contributed by atoms with Crippen molar-refractivity contribution in [1.82, 2.24) is 14.7 Å². The first kappa shape index (κ1) is 27.7. The van der Waals surface area contributed by atoms with Gasteiger partial charge in [0.25, 0.3) is 17.4 Å². The van der Waals surface area contributed by atoms with Gasteiger partial charge in [0.1, 0.15) is 0 Å². The average Bonchev–Trinajstić information content (AvgIpc) is 2.87. The lowest BCUT2D eigenvalue weighted by molar-refractivity contribution is -0.262. The molecule has 0 radical (unpaired) electrons. The first-order valence-corrected chi connectivity index (χ1v) is 13.6. The monoisotopic (exact) mass is 564 g/mol. The highest BCUT2D eigenvalue weighted by Gasteiger charge is 2.62. The van der Waals surface area contributed by atoms with Gasteiger partial charge >= 0.3 is 6.18 Å². The predicted molar refractivity (Wildman–Crippen MR) is 141 cm³/mol. The molecular formula is C28H32ClF3N4O3. The summed E-state index contributed by atoms with van der Waals surface area (Å²) in [5.41, 5.74) is -2.72. The summed E-state index contributed by atoms with van der Waals surface area (Å²) in [6, 6.07) is 12.2. The summed E-state index contributed by atoms with van der Waals surface area (Å²) in [5.74, 6) is -0.868. The third-order valence-corrected chi connectivity index (χ3v) is 8.32. The summed E-state index contributed by atoms with van der Waals surface area (Å²) >= 11 is 6.40. The molecule has 0 bridgehead atoms. The van der Waals surface area contributed by atoms with Crippen LogP contribution in [0, 0.1) is 5.92 Å². The van der Waals surface area contributed by atoms with E-state index < -0.39 is 23.2 Å². The number of aliphatic hydroxyl groups is 1. The van der Waals surface area contributed by atoms with Crippen LogP contribution < -0.4 is 5.32 Å². The van der Waals surface area contributed by atoms with E-state index in [2.05, 4.69) is 17.1 Å². The number of nitrogens with zero attached hydrogens (tertiary/aromatic N) is 3. The van der Waals surface area contributed by atoms with Crippen LogP contribution in [-0.4, -0.2) is 89.1 Å². The second-order valence-corrected chi connectivity index (χ2v) is 11.3. The number of halogens is 4. The smallest absolute Gasteiger partial charge is 0.380 e. The third-order valence-electron chi connectivity index (χ3n) is 8.01.